The van der Waals surface area contributed by atoms with Crippen LogP contribution in [0, 0.1) is 5.92 Å². The molecule has 6 nitrogen and oxygen atoms in total. The van der Waals surface area contributed by atoms with Gasteiger partial charge in [-0.2, -0.15) is 0 Å². The first-order valence-corrected chi connectivity index (χ1v) is 7.22. The first-order chi connectivity index (χ1) is 10.2. The van der Waals surface area contributed by atoms with Gasteiger partial charge < -0.3 is 15.0 Å². The molecule has 1 aliphatic heterocycles. The molecule has 1 aliphatic rings. The number of anilines is 1. The maximum Gasteiger partial charge on any atom is 0.310 e. The van der Waals surface area contributed by atoms with Gasteiger partial charge in [0, 0.05) is 31.5 Å². The van der Waals surface area contributed by atoms with Gasteiger partial charge in [0.15, 0.2) is 0 Å². The summed E-state index contributed by atoms with van der Waals surface area (Å²) in [5, 5.41) is 2.73. The number of amides is 1. The largest absolute Gasteiger partial charge is 0.469 e. The normalized spacial score (nSPS) is 18.2. The van der Waals surface area contributed by atoms with E-state index >= 15 is 0 Å². The molecule has 1 N–H and O–H groups in total. The van der Waals surface area contributed by atoms with E-state index in [9.17, 15) is 9.59 Å². The maximum atomic E-state index is 11.8. The lowest BCUT2D eigenvalue weighted by Gasteiger charge is -2.33. The minimum absolute atomic E-state index is 0.107. The summed E-state index contributed by atoms with van der Waals surface area (Å²) in [7, 11) is 1.42. The summed E-state index contributed by atoms with van der Waals surface area (Å²) in [5.74, 6) is -0.455. The minimum atomic E-state index is -0.180. The monoisotopic (exact) mass is 291 g/mol. The number of pyridine rings is 1. The molecule has 0 saturated carbocycles. The smallest absolute Gasteiger partial charge is 0.310 e. The van der Waals surface area contributed by atoms with E-state index < -0.39 is 0 Å². The lowest BCUT2D eigenvalue weighted by Crippen LogP contribution is -2.39. The molecular weight excluding hydrogens is 270 g/mol. The summed E-state index contributed by atoms with van der Waals surface area (Å²) in [5.41, 5.74) is 1.31. The molecule has 1 aromatic rings. The standard InChI is InChI=1S/C15H21N3O3/c1-3-16-14(19)13-9-12(6-7-17-13)18-8-4-5-11(10-18)15(20)21-2/h6-7,9,11H,3-5,8,10H2,1-2H3,(H,16,19). The van der Waals surface area contributed by atoms with Crippen LogP contribution in [0.4, 0.5) is 5.69 Å². The molecule has 1 saturated heterocycles. The highest BCUT2D eigenvalue weighted by Gasteiger charge is 2.26. The first-order valence-electron chi connectivity index (χ1n) is 7.22. The van der Waals surface area contributed by atoms with E-state index in [-0.39, 0.29) is 17.8 Å². The third kappa shape index (κ3) is 3.71. The summed E-state index contributed by atoms with van der Waals surface area (Å²) < 4.78 is 4.83. The maximum absolute atomic E-state index is 11.8. The molecule has 1 fully saturated rings. The average molecular weight is 291 g/mol. The molecule has 1 amide bonds. The number of methoxy groups -OCH3 is 1. The molecule has 21 heavy (non-hydrogen) atoms. The average Bonchev–Trinajstić information content (AvgIpc) is 2.54. The predicted molar refractivity (Wildman–Crippen MR) is 79.2 cm³/mol. The van der Waals surface area contributed by atoms with Gasteiger partial charge in [-0.1, -0.05) is 0 Å². The van der Waals surface area contributed by atoms with E-state index in [0.717, 1.165) is 25.1 Å². The third-order valence-corrected chi connectivity index (χ3v) is 3.63. The van der Waals surface area contributed by atoms with E-state index in [1.54, 1.807) is 12.3 Å². The van der Waals surface area contributed by atoms with Gasteiger partial charge >= 0.3 is 5.97 Å². The van der Waals surface area contributed by atoms with Crippen LogP contribution in [-0.2, 0) is 9.53 Å². The summed E-state index contributed by atoms with van der Waals surface area (Å²) in [6, 6.07) is 3.63. The van der Waals surface area contributed by atoms with Gasteiger partial charge in [-0.25, -0.2) is 0 Å². The van der Waals surface area contributed by atoms with Crippen molar-refractivity contribution in [1.29, 1.82) is 0 Å². The lowest BCUT2D eigenvalue weighted by atomic mass is 9.98. The molecule has 1 atom stereocenters. The van der Waals surface area contributed by atoms with Crippen molar-refractivity contribution < 1.29 is 14.3 Å². The summed E-state index contributed by atoms with van der Waals surface area (Å²) in [6.45, 7) is 3.92. The molecule has 0 aliphatic carbocycles. The van der Waals surface area contributed by atoms with E-state index in [0.29, 0.717) is 18.8 Å². The number of rotatable bonds is 4. The number of piperidine rings is 1. The SMILES string of the molecule is CCNC(=O)c1cc(N2CCCC(C(=O)OC)C2)ccn1. The molecule has 0 bridgehead atoms. The van der Waals surface area contributed by atoms with Crippen LogP contribution in [0.15, 0.2) is 18.3 Å². The van der Waals surface area contributed by atoms with Crippen molar-refractivity contribution in [2.24, 2.45) is 5.92 Å². The zero-order valence-corrected chi connectivity index (χ0v) is 12.5. The van der Waals surface area contributed by atoms with Crippen LogP contribution in [0.5, 0.6) is 0 Å². The highest BCUT2D eigenvalue weighted by atomic mass is 16.5. The van der Waals surface area contributed by atoms with Crippen molar-refractivity contribution in [3.63, 3.8) is 0 Å². The molecule has 2 rings (SSSR count). The van der Waals surface area contributed by atoms with Gasteiger partial charge in [0.25, 0.3) is 5.91 Å². The molecule has 0 aromatic carbocycles. The lowest BCUT2D eigenvalue weighted by molar-refractivity contribution is -0.145. The van der Waals surface area contributed by atoms with Crippen LogP contribution < -0.4 is 10.2 Å². The first kappa shape index (κ1) is 15.3. The van der Waals surface area contributed by atoms with Crippen LogP contribution >= 0.6 is 0 Å². The fourth-order valence-corrected chi connectivity index (χ4v) is 2.56. The second kappa shape index (κ2) is 7.06. The van der Waals surface area contributed by atoms with Gasteiger partial charge in [0.05, 0.1) is 13.0 Å². The number of hydrogen-bond acceptors (Lipinski definition) is 5. The molecular formula is C15H21N3O3. The van der Waals surface area contributed by atoms with Crippen molar-refractivity contribution in [1.82, 2.24) is 10.3 Å². The zero-order valence-electron chi connectivity index (χ0n) is 12.5. The summed E-state index contributed by atoms with van der Waals surface area (Å²) in [4.78, 5) is 29.7. The molecule has 1 unspecified atom stereocenters. The third-order valence-electron chi connectivity index (χ3n) is 3.63. The zero-order chi connectivity index (χ0) is 15.2. The highest BCUT2D eigenvalue weighted by Crippen LogP contribution is 2.24. The van der Waals surface area contributed by atoms with Crippen LogP contribution in [0.25, 0.3) is 0 Å². The number of nitrogens with one attached hydrogen (secondary N) is 1. The Balaban J connectivity index is 2.12. The number of carbonyl (C=O) groups excluding carboxylic acids is 2. The Labute approximate surface area is 124 Å². The summed E-state index contributed by atoms with van der Waals surface area (Å²) >= 11 is 0. The van der Waals surface area contributed by atoms with Gasteiger partial charge in [-0.05, 0) is 31.9 Å². The van der Waals surface area contributed by atoms with Crippen molar-refractivity contribution >= 4 is 17.6 Å². The highest BCUT2D eigenvalue weighted by molar-refractivity contribution is 5.93. The van der Waals surface area contributed by atoms with E-state index in [1.165, 1.54) is 7.11 Å². The second-order valence-electron chi connectivity index (χ2n) is 5.07. The molecule has 0 spiro atoms. The van der Waals surface area contributed by atoms with Gasteiger partial charge in [0.1, 0.15) is 5.69 Å². The molecule has 6 heteroatoms. The Morgan fingerprint density at radius 1 is 1.52 bits per heavy atom. The van der Waals surface area contributed by atoms with Crippen LogP contribution in [0.2, 0.25) is 0 Å². The van der Waals surface area contributed by atoms with Crippen molar-refractivity contribution in [2.75, 3.05) is 31.6 Å². The van der Waals surface area contributed by atoms with Crippen molar-refractivity contribution in [2.45, 2.75) is 19.8 Å². The minimum Gasteiger partial charge on any atom is -0.469 e. The van der Waals surface area contributed by atoms with Gasteiger partial charge in [0.2, 0.25) is 0 Å². The van der Waals surface area contributed by atoms with E-state index in [2.05, 4.69) is 15.2 Å². The summed E-state index contributed by atoms with van der Waals surface area (Å²) in [6.07, 6.45) is 3.40. The predicted octanol–water partition coefficient (Wildman–Crippen LogP) is 1.22. The van der Waals surface area contributed by atoms with Crippen LogP contribution in [0.3, 0.4) is 0 Å². The number of ether oxygens (including phenoxy) is 1. The van der Waals surface area contributed by atoms with E-state index in [1.807, 2.05) is 13.0 Å². The number of carbonyl (C=O) groups is 2. The Morgan fingerprint density at radius 3 is 3.05 bits per heavy atom. The molecule has 0 radical (unpaired) electrons. The Bertz CT molecular complexity index is 519. The Hall–Kier alpha value is -2.11. The fourth-order valence-electron chi connectivity index (χ4n) is 2.56. The van der Waals surface area contributed by atoms with Gasteiger partial charge in [-0.3, -0.25) is 14.6 Å². The van der Waals surface area contributed by atoms with Crippen LogP contribution in [0.1, 0.15) is 30.3 Å². The Morgan fingerprint density at radius 2 is 2.33 bits per heavy atom. The number of esters is 1. The molecule has 114 valence electrons. The molecule has 1 aromatic heterocycles. The number of hydrogen-bond donors (Lipinski definition) is 1. The van der Waals surface area contributed by atoms with Crippen LogP contribution in [-0.4, -0.2) is 43.6 Å². The molecule has 2 heterocycles. The van der Waals surface area contributed by atoms with Crippen molar-refractivity contribution in [3.8, 4) is 0 Å². The quantitative estimate of drug-likeness (QED) is 0.845. The number of aromatic nitrogens is 1. The number of nitrogens with zero attached hydrogens (tertiary/aromatic N) is 2. The van der Waals surface area contributed by atoms with Crippen molar-refractivity contribution in [3.05, 3.63) is 24.0 Å². The second-order valence-corrected chi connectivity index (χ2v) is 5.07. The fraction of sp³-hybridized carbons (Fsp3) is 0.533. The van der Waals surface area contributed by atoms with Gasteiger partial charge in [-0.15, -0.1) is 0 Å². The topological polar surface area (TPSA) is 71.5 Å². The Kier molecular flexibility index (Phi) is 5.14. The van der Waals surface area contributed by atoms with E-state index in [4.69, 9.17) is 4.74 Å².